The van der Waals surface area contributed by atoms with E-state index in [9.17, 15) is 22.3 Å². The molecular formula is C27H23BrF2N2O4S. The number of hydrogen-bond donors (Lipinski definition) is 2. The lowest BCUT2D eigenvalue weighted by Crippen LogP contribution is -2.28. The van der Waals surface area contributed by atoms with Gasteiger partial charge in [-0.15, -0.1) is 0 Å². The third-order valence-corrected chi connectivity index (χ3v) is 7.76. The zero-order valence-electron chi connectivity index (χ0n) is 19.5. The van der Waals surface area contributed by atoms with E-state index < -0.39 is 23.0 Å². The molecule has 1 fully saturated rings. The third kappa shape index (κ3) is 5.46. The second-order valence-corrected chi connectivity index (χ2v) is 10.9. The van der Waals surface area contributed by atoms with Gasteiger partial charge in [0.1, 0.15) is 23.0 Å². The van der Waals surface area contributed by atoms with Gasteiger partial charge in [-0.25, -0.2) is 13.0 Å². The maximum atomic E-state index is 14.4. The topological polar surface area (TPSA) is 96.8 Å². The van der Waals surface area contributed by atoms with Gasteiger partial charge in [-0.05, 0) is 72.2 Å². The van der Waals surface area contributed by atoms with Crippen LogP contribution in [0.5, 0.6) is 0 Å². The number of halogens is 3. The number of fused-ring (bicyclic) bond motifs is 1. The average molecular weight is 589 g/mol. The summed E-state index contributed by atoms with van der Waals surface area (Å²) in [7, 11) is 0. The summed E-state index contributed by atoms with van der Waals surface area (Å²) in [5.41, 5.74) is 8.77. The van der Waals surface area contributed by atoms with Crippen LogP contribution in [-0.2, 0) is 24.1 Å². The van der Waals surface area contributed by atoms with E-state index in [1.165, 1.54) is 22.5 Å². The molecule has 192 valence electrons. The number of anilines is 1. The lowest BCUT2D eigenvalue weighted by atomic mass is 10.0. The second-order valence-electron chi connectivity index (χ2n) is 9.07. The minimum Gasteiger partial charge on any atom is -0.460 e. The van der Waals surface area contributed by atoms with E-state index in [-0.39, 0.29) is 36.7 Å². The lowest BCUT2D eigenvalue weighted by molar-refractivity contribution is 0.1000. The molecule has 1 aliphatic carbocycles. The van der Waals surface area contributed by atoms with Crippen molar-refractivity contribution in [3.8, 4) is 0 Å². The van der Waals surface area contributed by atoms with Gasteiger partial charge in [0.25, 0.3) is 17.2 Å². The maximum Gasteiger partial charge on any atom is 0.261 e. The number of nitrogens with two attached hydrogens (primary N) is 1. The minimum absolute atomic E-state index is 0.0821. The molecule has 1 heterocycles. The first-order valence-electron chi connectivity index (χ1n) is 11.7. The van der Waals surface area contributed by atoms with Gasteiger partial charge in [-0.1, -0.05) is 34.1 Å². The van der Waals surface area contributed by atoms with Crippen LogP contribution in [0.4, 0.5) is 14.5 Å². The molecule has 6 nitrogen and oxygen atoms in total. The summed E-state index contributed by atoms with van der Waals surface area (Å²) >= 11 is 0.845. The van der Waals surface area contributed by atoms with Crippen molar-refractivity contribution in [1.29, 1.82) is 0 Å². The highest BCUT2D eigenvalue weighted by molar-refractivity contribution is 9.10. The Hall–Kier alpha value is -3.08. The van der Waals surface area contributed by atoms with Gasteiger partial charge < -0.3 is 10.2 Å². The molecule has 3 aromatic carbocycles. The fraction of sp³-hybridized carbons (Fsp3) is 0.222. The van der Waals surface area contributed by atoms with Crippen LogP contribution in [0.1, 0.15) is 51.6 Å². The molecule has 1 amide bonds. The van der Waals surface area contributed by atoms with Crippen LogP contribution in [0, 0.1) is 11.6 Å². The van der Waals surface area contributed by atoms with Crippen LogP contribution in [0.2, 0.25) is 0 Å². The highest BCUT2D eigenvalue weighted by Crippen LogP contribution is 2.47. The SMILES string of the molecule is NC(=O)c1c(Cc2ccc(F)cc2)oc2cc(N(CCc3ccc(Br)cc3F)S(=O)O)c(C3CC3)cc12. The van der Waals surface area contributed by atoms with Crippen molar-refractivity contribution in [2.24, 2.45) is 5.73 Å². The van der Waals surface area contributed by atoms with Crippen LogP contribution < -0.4 is 10.0 Å². The molecule has 0 aliphatic heterocycles. The molecule has 10 heteroatoms. The Labute approximate surface area is 223 Å². The highest BCUT2D eigenvalue weighted by Gasteiger charge is 2.32. The Morgan fingerprint density at radius 2 is 1.86 bits per heavy atom. The van der Waals surface area contributed by atoms with Gasteiger partial charge in [0.05, 0.1) is 11.3 Å². The number of amides is 1. The highest BCUT2D eigenvalue weighted by atomic mass is 79.9. The zero-order chi connectivity index (χ0) is 26.3. The van der Waals surface area contributed by atoms with Crippen molar-refractivity contribution in [3.63, 3.8) is 0 Å². The molecule has 5 rings (SSSR count). The molecule has 1 atom stereocenters. The monoisotopic (exact) mass is 588 g/mol. The van der Waals surface area contributed by atoms with Gasteiger partial charge in [0.2, 0.25) is 0 Å². The maximum absolute atomic E-state index is 14.4. The predicted molar refractivity (Wildman–Crippen MR) is 142 cm³/mol. The van der Waals surface area contributed by atoms with Gasteiger partial charge >= 0.3 is 0 Å². The first kappa shape index (κ1) is 25.6. The minimum atomic E-state index is -2.39. The van der Waals surface area contributed by atoms with Crippen molar-refractivity contribution in [2.45, 2.75) is 31.6 Å². The van der Waals surface area contributed by atoms with E-state index in [0.29, 0.717) is 32.5 Å². The van der Waals surface area contributed by atoms with Crippen LogP contribution in [0.3, 0.4) is 0 Å². The number of benzene rings is 3. The molecule has 0 radical (unpaired) electrons. The summed E-state index contributed by atoms with van der Waals surface area (Å²) in [5, 5.41) is 0.526. The molecule has 37 heavy (non-hydrogen) atoms. The normalized spacial score (nSPS) is 14.2. The summed E-state index contributed by atoms with van der Waals surface area (Å²) < 4.78 is 58.3. The van der Waals surface area contributed by atoms with E-state index in [1.807, 2.05) is 0 Å². The Morgan fingerprint density at radius 1 is 1.14 bits per heavy atom. The smallest absolute Gasteiger partial charge is 0.261 e. The van der Waals surface area contributed by atoms with E-state index in [0.717, 1.165) is 24.0 Å². The number of furan rings is 1. The number of rotatable bonds is 9. The van der Waals surface area contributed by atoms with Crippen molar-refractivity contribution in [2.75, 3.05) is 10.8 Å². The van der Waals surface area contributed by atoms with Crippen LogP contribution in [-0.4, -0.2) is 21.2 Å². The van der Waals surface area contributed by atoms with Gasteiger partial charge in [-0.2, -0.15) is 0 Å². The number of hydrogen-bond acceptors (Lipinski definition) is 3. The van der Waals surface area contributed by atoms with Gasteiger partial charge in [0, 0.05) is 28.9 Å². The zero-order valence-corrected chi connectivity index (χ0v) is 22.0. The number of primary amides is 1. The Morgan fingerprint density at radius 3 is 2.49 bits per heavy atom. The molecule has 1 saturated carbocycles. The average Bonchev–Trinajstić information content (AvgIpc) is 3.62. The number of nitrogens with zero attached hydrogens (tertiary/aromatic N) is 1. The molecule has 0 saturated heterocycles. The molecule has 4 aromatic rings. The summed E-state index contributed by atoms with van der Waals surface area (Å²) in [6.45, 7) is 0.0821. The molecule has 3 N–H and O–H groups in total. The Kier molecular flexibility index (Phi) is 7.15. The molecular weight excluding hydrogens is 566 g/mol. The first-order chi connectivity index (χ1) is 17.7. The van der Waals surface area contributed by atoms with Gasteiger partial charge in [0.15, 0.2) is 0 Å². The Bertz CT molecular complexity index is 1520. The number of carbonyl (C=O) groups excluding carboxylic acids is 1. The number of carbonyl (C=O) groups is 1. The molecule has 0 spiro atoms. The van der Waals surface area contributed by atoms with E-state index in [4.69, 9.17) is 10.2 Å². The molecule has 1 aliphatic rings. The third-order valence-electron chi connectivity index (χ3n) is 6.51. The van der Waals surface area contributed by atoms with E-state index in [1.54, 1.807) is 36.4 Å². The van der Waals surface area contributed by atoms with E-state index >= 15 is 0 Å². The van der Waals surface area contributed by atoms with Crippen molar-refractivity contribution in [3.05, 3.63) is 98.7 Å². The summed E-state index contributed by atoms with van der Waals surface area (Å²) in [6.07, 6.45) is 2.23. The summed E-state index contributed by atoms with van der Waals surface area (Å²) in [4.78, 5) is 12.4. The molecule has 1 aromatic heterocycles. The lowest BCUT2D eigenvalue weighted by Gasteiger charge is -2.23. The van der Waals surface area contributed by atoms with Gasteiger partial charge in [-0.3, -0.25) is 13.7 Å². The summed E-state index contributed by atoms with van der Waals surface area (Å²) in [5.74, 6) is -0.938. The van der Waals surface area contributed by atoms with Crippen LogP contribution >= 0.6 is 15.9 Å². The Balaban J connectivity index is 1.55. The largest absolute Gasteiger partial charge is 0.460 e. The second kappa shape index (κ2) is 10.4. The molecule has 1 unspecified atom stereocenters. The van der Waals surface area contributed by atoms with E-state index in [2.05, 4.69) is 15.9 Å². The fourth-order valence-corrected chi connectivity index (χ4v) is 5.46. The van der Waals surface area contributed by atoms with Crippen molar-refractivity contribution >= 4 is 49.8 Å². The van der Waals surface area contributed by atoms with Crippen LogP contribution in [0.25, 0.3) is 11.0 Å². The van der Waals surface area contributed by atoms with Crippen molar-refractivity contribution < 1.29 is 26.8 Å². The fourth-order valence-electron chi connectivity index (χ4n) is 4.55. The van der Waals surface area contributed by atoms with Crippen molar-refractivity contribution in [1.82, 2.24) is 0 Å². The molecule has 0 bridgehead atoms. The first-order valence-corrected chi connectivity index (χ1v) is 13.5. The van der Waals surface area contributed by atoms with Crippen LogP contribution in [0.15, 0.2) is 63.5 Å². The standard InChI is InChI=1S/C27H23BrF2N2O4S/c28-18-6-5-17(22(30)12-18)9-10-32(37(34)35)23-14-24-21(13-20(23)16-3-4-16)26(27(31)33)25(36-24)11-15-1-7-19(29)8-2-15/h1-2,5-8,12-14,16H,3-4,9-11H2,(H2,31,33)(H,34,35). The predicted octanol–water partition coefficient (Wildman–Crippen LogP) is 6.23. The quantitative estimate of drug-likeness (QED) is 0.227. The summed E-state index contributed by atoms with van der Waals surface area (Å²) in [6, 6.07) is 14.0.